The minimum atomic E-state index is -0.789. The molecule has 0 aromatic heterocycles. The van der Waals surface area contributed by atoms with Gasteiger partial charge in [-0.05, 0) is 38.0 Å². The molecule has 2 rings (SSSR count). The maximum atomic E-state index is 12.0. The predicted octanol–water partition coefficient (Wildman–Crippen LogP) is 2.05. The molecule has 25 heavy (non-hydrogen) atoms. The average molecular weight is 352 g/mol. The first-order chi connectivity index (χ1) is 12.0. The van der Waals surface area contributed by atoms with Gasteiger partial charge in [0.2, 0.25) is 0 Å². The van der Waals surface area contributed by atoms with Crippen molar-refractivity contribution < 1.29 is 24.6 Å². The number of nitrogens with one attached hydrogen (secondary N) is 1. The van der Waals surface area contributed by atoms with Crippen LogP contribution in [0, 0.1) is 5.92 Å². The first-order valence-corrected chi connectivity index (χ1v) is 9.15. The van der Waals surface area contributed by atoms with E-state index >= 15 is 0 Å². The summed E-state index contributed by atoms with van der Waals surface area (Å²) in [6.45, 7) is 0.374. The highest BCUT2D eigenvalue weighted by Crippen LogP contribution is 2.24. The average Bonchev–Trinajstić information content (AvgIpc) is 3.17. The van der Waals surface area contributed by atoms with Crippen molar-refractivity contribution in [1.82, 2.24) is 10.2 Å². The summed E-state index contributed by atoms with van der Waals surface area (Å²) in [5.74, 6) is -0.843. The Morgan fingerprint density at radius 2 is 1.88 bits per heavy atom. The number of carboxylic acid groups (broad SMARTS) is 1. The lowest BCUT2D eigenvalue weighted by molar-refractivity contribution is -0.137. The van der Waals surface area contributed by atoms with Gasteiger partial charge < -0.3 is 15.1 Å². The van der Waals surface area contributed by atoms with Gasteiger partial charge in [0.15, 0.2) is 0 Å². The van der Waals surface area contributed by atoms with Crippen LogP contribution in [0.25, 0.3) is 0 Å². The number of imide groups is 1. The normalized spacial score (nSPS) is 21.8. The Balaban J connectivity index is 1.72. The molecule has 3 N–H and O–H groups in total. The molecule has 1 aliphatic carbocycles. The molecule has 7 heteroatoms. The van der Waals surface area contributed by atoms with E-state index < -0.39 is 18.1 Å². The zero-order chi connectivity index (χ0) is 18.2. The fourth-order valence-corrected chi connectivity index (χ4v) is 3.51. The van der Waals surface area contributed by atoms with E-state index in [2.05, 4.69) is 17.5 Å². The Bertz CT molecular complexity index is 512. The first kappa shape index (κ1) is 19.4. The summed E-state index contributed by atoms with van der Waals surface area (Å²) in [4.78, 5) is 36.0. The van der Waals surface area contributed by atoms with E-state index in [0.29, 0.717) is 25.8 Å². The molecule has 0 saturated carbocycles. The van der Waals surface area contributed by atoms with Gasteiger partial charge in [-0.2, -0.15) is 0 Å². The largest absolute Gasteiger partial charge is 0.481 e. The van der Waals surface area contributed by atoms with Gasteiger partial charge in [0.1, 0.15) is 6.04 Å². The maximum Gasteiger partial charge on any atom is 0.324 e. The topological polar surface area (TPSA) is 107 Å². The van der Waals surface area contributed by atoms with E-state index in [0.717, 1.165) is 32.1 Å². The molecule has 1 fully saturated rings. The molecule has 0 radical (unpaired) electrons. The summed E-state index contributed by atoms with van der Waals surface area (Å²) in [5, 5.41) is 21.2. The second-order valence-corrected chi connectivity index (χ2v) is 6.91. The van der Waals surface area contributed by atoms with Crippen LogP contribution < -0.4 is 5.32 Å². The molecule has 1 heterocycles. The van der Waals surface area contributed by atoms with Gasteiger partial charge in [0, 0.05) is 13.0 Å². The minimum Gasteiger partial charge on any atom is -0.481 e. The number of hydrogen-bond donors (Lipinski definition) is 3. The molecule has 2 unspecified atom stereocenters. The Labute approximate surface area is 148 Å². The number of rotatable bonds is 11. The van der Waals surface area contributed by atoms with Crippen LogP contribution in [0.5, 0.6) is 0 Å². The highest BCUT2D eigenvalue weighted by atomic mass is 16.4. The molecule has 140 valence electrons. The van der Waals surface area contributed by atoms with Crippen LogP contribution in [0.2, 0.25) is 0 Å². The molecule has 0 spiro atoms. The van der Waals surface area contributed by atoms with Crippen molar-refractivity contribution in [3.63, 3.8) is 0 Å². The van der Waals surface area contributed by atoms with Crippen molar-refractivity contribution in [3.8, 4) is 0 Å². The molecule has 0 aromatic carbocycles. The second-order valence-electron chi connectivity index (χ2n) is 6.91. The Hall–Kier alpha value is -1.89. The van der Waals surface area contributed by atoms with Crippen molar-refractivity contribution in [3.05, 3.63) is 12.2 Å². The van der Waals surface area contributed by atoms with Gasteiger partial charge in [-0.1, -0.05) is 31.4 Å². The third-order valence-electron chi connectivity index (χ3n) is 5.04. The van der Waals surface area contributed by atoms with Gasteiger partial charge >= 0.3 is 12.0 Å². The number of aliphatic carboxylic acids is 1. The number of carbonyl (C=O) groups excluding carboxylic acids is 2. The van der Waals surface area contributed by atoms with Crippen LogP contribution in [-0.2, 0) is 9.59 Å². The first-order valence-electron chi connectivity index (χ1n) is 9.15. The zero-order valence-corrected chi connectivity index (χ0v) is 14.5. The van der Waals surface area contributed by atoms with Gasteiger partial charge in [0.05, 0.1) is 6.10 Å². The number of aliphatic hydroxyl groups excluding tert-OH is 1. The van der Waals surface area contributed by atoms with Crippen molar-refractivity contribution in [2.24, 2.45) is 5.92 Å². The number of hydrogen-bond acceptors (Lipinski definition) is 4. The number of carbonyl (C=O) groups is 3. The molecule has 1 aliphatic heterocycles. The van der Waals surface area contributed by atoms with Crippen LogP contribution in [-0.4, -0.2) is 51.7 Å². The minimum absolute atomic E-state index is 0.169. The molecular formula is C18H28N2O5. The van der Waals surface area contributed by atoms with E-state index in [1.54, 1.807) is 0 Å². The molecule has 2 aliphatic rings. The number of allylic oxidation sites excluding steroid dienone is 2. The Morgan fingerprint density at radius 1 is 1.20 bits per heavy atom. The summed E-state index contributed by atoms with van der Waals surface area (Å²) < 4.78 is 0. The number of amides is 3. The highest BCUT2D eigenvalue weighted by Gasteiger charge is 2.37. The maximum absolute atomic E-state index is 12.0. The van der Waals surface area contributed by atoms with Crippen molar-refractivity contribution in [2.45, 2.75) is 69.9 Å². The fourth-order valence-electron chi connectivity index (χ4n) is 3.51. The monoisotopic (exact) mass is 352 g/mol. The number of nitrogens with zero attached hydrogens (tertiary/aromatic N) is 1. The molecular weight excluding hydrogens is 324 g/mol. The summed E-state index contributed by atoms with van der Waals surface area (Å²) >= 11 is 0. The van der Waals surface area contributed by atoms with Crippen molar-refractivity contribution in [2.75, 3.05) is 6.54 Å². The lowest BCUT2D eigenvalue weighted by Gasteiger charge is -2.25. The van der Waals surface area contributed by atoms with E-state index in [4.69, 9.17) is 5.11 Å². The molecule has 3 amide bonds. The lowest BCUT2D eigenvalue weighted by Crippen LogP contribution is -2.38. The van der Waals surface area contributed by atoms with Gasteiger partial charge in [-0.15, -0.1) is 0 Å². The third-order valence-corrected chi connectivity index (χ3v) is 5.04. The van der Waals surface area contributed by atoms with Gasteiger partial charge in [-0.25, -0.2) is 4.79 Å². The van der Waals surface area contributed by atoms with Crippen molar-refractivity contribution >= 4 is 17.9 Å². The number of aliphatic hydroxyl groups is 1. The van der Waals surface area contributed by atoms with E-state index in [9.17, 15) is 19.5 Å². The quantitative estimate of drug-likeness (QED) is 0.300. The molecule has 2 atom stereocenters. The molecule has 1 saturated heterocycles. The van der Waals surface area contributed by atoms with E-state index in [1.807, 2.05) is 0 Å². The van der Waals surface area contributed by atoms with Crippen LogP contribution in [0.1, 0.15) is 57.8 Å². The second kappa shape index (κ2) is 9.56. The Kier molecular flexibility index (Phi) is 7.43. The molecule has 0 aromatic rings. The summed E-state index contributed by atoms with van der Waals surface area (Å²) in [6.07, 6.45) is 9.68. The molecule has 0 bridgehead atoms. The van der Waals surface area contributed by atoms with Crippen molar-refractivity contribution in [1.29, 1.82) is 0 Å². The third kappa shape index (κ3) is 5.85. The van der Waals surface area contributed by atoms with Crippen LogP contribution in [0.15, 0.2) is 12.2 Å². The summed E-state index contributed by atoms with van der Waals surface area (Å²) in [7, 11) is 0. The van der Waals surface area contributed by atoms with Gasteiger partial charge in [-0.3, -0.25) is 14.9 Å². The van der Waals surface area contributed by atoms with Crippen LogP contribution in [0.4, 0.5) is 4.79 Å². The highest BCUT2D eigenvalue weighted by molar-refractivity contribution is 6.04. The summed E-state index contributed by atoms with van der Waals surface area (Å²) in [6, 6.07) is -0.849. The SMILES string of the molecule is O=C(O)CCCCCCC1C(=O)NC(=O)N1CCC(O)C1CC=CC1. The smallest absolute Gasteiger partial charge is 0.324 e. The van der Waals surface area contributed by atoms with E-state index in [1.165, 1.54) is 4.90 Å². The number of unbranched alkanes of at least 4 members (excludes halogenated alkanes) is 3. The lowest BCUT2D eigenvalue weighted by atomic mass is 9.97. The standard InChI is InChI=1S/C18H28N2O5/c21-15(13-7-5-6-8-13)11-12-20-14(17(24)19-18(20)25)9-3-1-2-4-10-16(22)23/h5-6,13-15,21H,1-4,7-12H2,(H,22,23)(H,19,24,25). The van der Waals surface area contributed by atoms with Crippen LogP contribution in [0.3, 0.4) is 0 Å². The number of carboxylic acids is 1. The zero-order valence-electron chi connectivity index (χ0n) is 14.5. The van der Waals surface area contributed by atoms with Gasteiger partial charge in [0.25, 0.3) is 5.91 Å². The summed E-state index contributed by atoms with van der Waals surface area (Å²) in [5.41, 5.74) is 0. The van der Waals surface area contributed by atoms with E-state index in [-0.39, 0.29) is 24.3 Å². The predicted molar refractivity (Wildman–Crippen MR) is 91.9 cm³/mol. The Morgan fingerprint density at radius 3 is 2.56 bits per heavy atom. The number of urea groups is 1. The van der Waals surface area contributed by atoms with Crippen LogP contribution >= 0.6 is 0 Å². The fraction of sp³-hybridized carbons (Fsp3) is 0.722. The molecule has 7 nitrogen and oxygen atoms in total.